The van der Waals surface area contributed by atoms with Crippen LogP contribution in [0.5, 0.6) is 5.75 Å². The number of aliphatic hydroxyl groups is 1. The first-order valence-electron chi connectivity index (χ1n) is 10.9. The zero-order valence-corrected chi connectivity index (χ0v) is 18.9. The lowest BCUT2D eigenvalue weighted by molar-refractivity contribution is -0.132. The maximum atomic E-state index is 13.2. The van der Waals surface area contributed by atoms with E-state index >= 15 is 0 Å². The normalized spacial score (nSPS) is 17.6. The van der Waals surface area contributed by atoms with Crippen molar-refractivity contribution in [2.24, 2.45) is 5.92 Å². The van der Waals surface area contributed by atoms with Crippen LogP contribution >= 0.6 is 0 Å². The SMILES string of the molecule is Cc1ccc(N2C(=O)C(=O)/C(=C(\O)c3cccc(OCC(C)C)c3)C2c2ccccn2)cc1. The molecule has 1 aliphatic rings. The standard InChI is InChI=1S/C27H26N2O4/c1-17(2)16-33-21-8-6-7-19(15-21)25(30)23-24(22-9-4-5-14-28-22)29(27(32)26(23)31)20-12-10-18(3)11-13-20/h4-15,17,24,30H,16H2,1-3H3/b25-23-. The van der Waals surface area contributed by atoms with Gasteiger partial charge in [0.1, 0.15) is 17.6 Å². The Morgan fingerprint density at radius 2 is 1.82 bits per heavy atom. The summed E-state index contributed by atoms with van der Waals surface area (Å²) in [5.41, 5.74) is 2.49. The van der Waals surface area contributed by atoms with Crippen molar-refractivity contribution in [3.63, 3.8) is 0 Å². The van der Waals surface area contributed by atoms with Crippen LogP contribution in [0, 0.1) is 12.8 Å². The molecule has 33 heavy (non-hydrogen) atoms. The van der Waals surface area contributed by atoms with Gasteiger partial charge in [0.05, 0.1) is 17.9 Å². The third kappa shape index (κ3) is 4.51. The van der Waals surface area contributed by atoms with Gasteiger partial charge in [-0.15, -0.1) is 0 Å². The quantitative estimate of drug-likeness (QED) is 0.328. The van der Waals surface area contributed by atoms with E-state index in [9.17, 15) is 14.7 Å². The van der Waals surface area contributed by atoms with E-state index in [0.717, 1.165) is 5.56 Å². The van der Waals surface area contributed by atoms with Crippen molar-refractivity contribution in [1.29, 1.82) is 0 Å². The van der Waals surface area contributed by atoms with Crippen LogP contribution in [0.15, 0.2) is 78.5 Å². The van der Waals surface area contributed by atoms with Crippen molar-refractivity contribution in [2.45, 2.75) is 26.8 Å². The van der Waals surface area contributed by atoms with Gasteiger partial charge in [-0.05, 0) is 49.2 Å². The lowest BCUT2D eigenvalue weighted by Crippen LogP contribution is -2.29. The molecule has 0 aliphatic carbocycles. The molecule has 1 aromatic heterocycles. The molecular weight excluding hydrogens is 416 g/mol. The average molecular weight is 443 g/mol. The molecule has 4 rings (SSSR count). The summed E-state index contributed by atoms with van der Waals surface area (Å²) in [5.74, 6) is -0.796. The predicted octanol–water partition coefficient (Wildman–Crippen LogP) is 5.05. The molecule has 2 heterocycles. The number of pyridine rings is 1. The minimum atomic E-state index is -0.853. The van der Waals surface area contributed by atoms with Crippen LogP contribution in [-0.2, 0) is 9.59 Å². The van der Waals surface area contributed by atoms with Crippen LogP contribution in [0.25, 0.3) is 5.76 Å². The van der Waals surface area contributed by atoms with E-state index in [-0.39, 0.29) is 11.3 Å². The highest BCUT2D eigenvalue weighted by Crippen LogP contribution is 2.41. The number of aromatic nitrogens is 1. The van der Waals surface area contributed by atoms with E-state index in [2.05, 4.69) is 4.98 Å². The van der Waals surface area contributed by atoms with Crippen LogP contribution in [0.2, 0.25) is 0 Å². The third-order valence-electron chi connectivity index (χ3n) is 5.42. The first kappa shape index (κ1) is 22.3. The highest BCUT2D eigenvalue weighted by Gasteiger charge is 2.47. The van der Waals surface area contributed by atoms with Crippen molar-refractivity contribution in [2.75, 3.05) is 11.5 Å². The molecule has 2 aromatic carbocycles. The zero-order chi connectivity index (χ0) is 23.5. The van der Waals surface area contributed by atoms with Crippen molar-refractivity contribution >= 4 is 23.1 Å². The number of ketones is 1. The second-order valence-corrected chi connectivity index (χ2v) is 8.49. The summed E-state index contributed by atoms with van der Waals surface area (Å²) in [6.45, 7) is 6.56. The number of carbonyl (C=O) groups is 2. The fourth-order valence-corrected chi connectivity index (χ4v) is 3.77. The highest BCUT2D eigenvalue weighted by atomic mass is 16.5. The number of aryl methyl sites for hydroxylation is 1. The summed E-state index contributed by atoms with van der Waals surface area (Å²) in [5, 5.41) is 11.2. The molecule has 0 spiro atoms. The van der Waals surface area contributed by atoms with Gasteiger partial charge in [-0.3, -0.25) is 19.5 Å². The van der Waals surface area contributed by atoms with E-state index in [1.807, 2.05) is 32.9 Å². The molecule has 6 heteroatoms. The van der Waals surface area contributed by atoms with Gasteiger partial charge in [0.25, 0.3) is 11.7 Å². The molecule has 1 atom stereocenters. The summed E-state index contributed by atoms with van der Waals surface area (Å²) in [4.78, 5) is 32.1. The van der Waals surface area contributed by atoms with E-state index in [1.165, 1.54) is 4.90 Å². The van der Waals surface area contributed by atoms with Crippen LogP contribution in [0.3, 0.4) is 0 Å². The Kier molecular flexibility index (Phi) is 6.27. The molecule has 0 bridgehead atoms. The number of Topliss-reactive ketones (excluding diaryl/α,β-unsaturated/α-hetero) is 1. The van der Waals surface area contributed by atoms with Crippen molar-refractivity contribution in [3.05, 3.63) is 95.3 Å². The Hall–Kier alpha value is -3.93. The minimum Gasteiger partial charge on any atom is -0.507 e. The number of ether oxygens (including phenoxy) is 1. The zero-order valence-electron chi connectivity index (χ0n) is 18.9. The number of anilines is 1. The van der Waals surface area contributed by atoms with Gasteiger partial charge in [-0.25, -0.2) is 0 Å². The van der Waals surface area contributed by atoms with E-state index in [4.69, 9.17) is 4.74 Å². The second kappa shape index (κ2) is 9.28. The largest absolute Gasteiger partial charge is 0.507 e. The number of hydrogen-bond donors (Lipinski definition) is 1. The number of aliphatic hydroxyl groups excluding tert-OH is 1. The van der Waals surface area contributed by atoms with Gasteiger partial charge in [0.2, 0.25) is 0 Å². The summed E-state index contributed by atoms with van der Waals surface area (Å²) in [6, 6.07) is 18.7. The predicted molar refractivity (Wildman–Crippen MR) is 127 cm³/mol. The summed E-state index contributed by atoms with van der Waals surface area (Å²) >= 11 is 0. The molecule has 1 fully saturated rings. The molecule has 1 saturated heterocycles. The minimum absolute atomic E-state index is 0.000264. The van der Waals surface area contributed by atoms with Crippen LogP contribution < -0.4 is 9.64 Å². The second-order valence-electron chi connectivity index (χ2n) is 8.49. The number of amides is 1. The number of hydrogen-bond acceptors (Lipinski definition) is 5. The first-order valence-corrected chi connectivity index (χ1v) is 10.9. The Labute approximate surface area is 193 Å². The van der Waals surface area contributed by atoms with Gasteiger partial charge < -0.3 is 9.84 Å². The molecule has 168 valence electrons. The maximum Gasteiger partial charge on any atom is 0.300 e. The van der Waals surface area contributed by atoms with Crippen LogP contribution in [0.4, 0.5) is 5.69 Å². The summed E-state index contributed by atoms with van der Waals surface area (Å²) in [6.07, 6.45) is 1.60. The van der Waals surface area contributed by atoms with Gasteiger partial charge in [-0.1, -0.05) is 49.7 Å². The van der Waals surface area contributed by atoms with Crippen molar-refractivity contribution in [1.82, 2.24) is 4.98 Å². The molecule has 3 aromatic rings. The fraction of sp³-hybridized carbons (Fsp3) is 0.222. The third-order valence-corrected chi connectivity index (χ3v) is 5.42. The molecular formula is C27H26N2O4. The first-order chi connectivity index (χ1) is 15.9. The monoisotopic (exact) mass is 442 g/mol. The summed E-state index contributed by atoms with van der Waals surface area (Å²) in [7, 11) is 0. The van der Waals surface area contributed by atoms with Gasteiger partial charge in [-0.2, -0.15) is 0 Å². The lowest BCUT2D eigenvalue weighted by atomic mass is 9.98. The smallest absolute Gasteiger partial charge is 0.300 e. The van der Waals surface area contributed by atoms with Gasteiger partial charge in [0.15, 0.2) is 0 Å². The number of rotatable bonds is 6. The molecule has 0 radical (unpaired) electrons. The highest BCUT2D eigenvalue weighted by molar-refractivity contribution is 6.51. The Morgan fingerprint density at radius 3 is 2.48 bits per heavy atom. The van der Waals surface area contributed by atoms with E-state index in [0.29, 0.717) is 35.2 Å². The Morgan fingerprint density at radius 1 is 1.06 bits per heavy atom. The summed E-state index contributed by atoms with van der Waals surface area (Å²) < 4.78 is 5.77. The van der Waals surface area contributed by atoms with Crippen LogP contribution in [-0.4, -0.2) is 28.4 Å². The molecule has 1 aliphatic heterocycles. The average Bonchev–Trinajstić information content (AvgIpc) is 3.09. The lowest BCUT2D eigenvalue weighted by Gasteiger charge is -2.24. The molecule has 1 unspecified atom stereocenters. The molecule has 6 nitrogen and oxygen atoms in total. The van der Waals surface area contributed by atoms with Crippen LogP contribution in [0.1, 0.15) is 36.7 Å². The fourth-order valence-electron chi connectivity index (χ4n) is 3.77. The number of carbonyl (C=O) groups excluding carboxylic acids is 2. The van der Waals surface area contributed by atoms with Crippen molar-refractivity contribution in [3.8, 4) is 5.75 Å². The van der Waals surface area contributed by atoms with E-state index < -0.39 is 17.7 Å². The molecule has 1 N–H and O–H groups in total. The molecule has 1 amide bonds. The Bertz CT molecular complexity index is 1200. The van der Waals surface area contributed by atoms with Gasteiger partial charge in [0, 0.05) is 17.4 Å². The van der Waals surface area contributed by atoms with E-state index in [1.54, 1.807) is 60.8 Å². The number of benzene rings is 2. The topological polar surface area (TPSA) is 79.7 Å². The Balaban J connectivity index is 1.84. The number of nitrogens with zero attached hydrogens (tertiary/aromatic N) is 2. The van der Waals surface area contributed by atoms with Crippen molar-refractivity contribution < 1.29 is 19.4 Å². The molecule has 0 saturated carbocycles. The maximum absolute atomic E-state index is 13.2. The van der Waals surface area contributed by atoms with Gasteiger partial charge >= 0.3 is 0 Å².